The number of ether oxygens (including phenoxy) is 2. The summed E-state index contributed by atoms with van der Waals surface area (Å²) in [6.45, 7) is 10.1. The van der Waals surface area contributed by atoms with Crippen molar-refractivity contribution >= 4 is 32.6 Å². The summed E-state index contributed by atoms with van der Waals surface area (Å²) in [5.41, 5.74) is 2.89. The van der Waals surface area contributed by atoms with Crippen LogP contribution in [0.1, 0.15) is 55.5 Å². The van der Waals surface area contributed by atoms with E-state index in [1.54, 1.807) is 11.3 Å². The molecule has 0 aliphatic carbocycles. The molecule has 7 heteroatoms. The van der Waals surface area contributed by atoms with Crippen molar-refractivity contribution in [2.75, 3.05) is 50.9 Å². The molecule has 35 heavy (non-hydrogen) atoms. The Morgan fingerprint density at radius 3 is 2.63 bits per heavy atom. The van der Waals surface area contributed by atoms with E-state index in [1.807, 2.05) is 29.2 Å². The minimum absolute atomic E-state index is 0.0124. The first kappa shape index (κ1) is 25.6. The molecule has 188 valence electrons. The van der Waals surface area contributed by atoms with Crippen molar-refractivity contribution in [3.63, 3.8) is 0 Å². The first-order valence-electron chi connectivity index (χ1n) is 12.9. The van der Waals surface area contributed by atoms with Gasteiger partial charge in [0, 0.05) is 31.7 Å². The zero-order valence-corrected chi connectivity index (χ0v) is 21.8. The van der Waals surface area contributed by atoms with Crippen LogP contribution in [0.25, 0.3) is 10.2 Å². The van der Waals surface area contributed by atoms with Crippen LogP contribution in [0.5, 0.6) is 5.75 Å². The predicted molar refractivity (Wildman–Crippen MR) is 144 cm³/mol. The Bertz CT molecular complexity index is 1080. The molecule has 1 saturated heterocycles. The Morgan fingerprint density at radius 1 is 1.09 bits per heavy atom. The van der Waals surface area contributed by atoms with Crippen molar-refractivity contribution in [2.24, 2.45) is 0 Å². The van der Waals surface area contributed by atoms with Crippen molar-refractivity contribution in [2.45, 2.75) is 46.0 Å². The second-order valence-electron chi connectivity index (χ2n) is 8.96. The lowest BCUT2D eigenvalue weighted by molar-refractivity contribution is 0.0376. The smallest absolute Gasteiger partial charge is 0.260 e. The van der Waals surface area contributed by atoms with Crippen LogP contribution < -0.4 is 9.64 Å². The minimum Gasteiger partial charge on any atom is -0.494 e. The number of benzene rings is 2. The van der Waals surface area contributed by atoms with Gasteiger partial charge < -0.3 is 9.47 Å². The van der Waals surface area contributed by atoms with E-state index in [-0.39, 0.29) is 5.91 Å². The molecule has 0 spiro atoms. The number of aromatic nitrogens is 1. The van der Waals surface area contributed by atoms with Gasteiger partial charge in [-0.05, 0) is 55.2 Å². The average molecular weight is 496 g/mol. The van der Waals surface area contributed by atoms with E-state index in [4.69, 9.17) is 14.5 Å². The van der Waals surface area contributed by atoms with E-state index in [2.05, 4.69) is 36.9 Å². The molecule has 3 aromatic rings. The number of carbonyl (C=O) groups is 1. The van der Waals surface area contributed by atoms with Gasteiger partial charge in [0.25, 0.3) is 5.91 Å². The van der Waals surface area contributed by atoms with Crippen LogP contribution in [-0.2, 0) is 11.2 Å². The molecule has 0 bridgehead atoms. The molecule has 1 fully saturated rings. The number of hydrogen-bond donors (Lipinski definition) is 0. The van der Waals surface area contributed by atoms with Crippen LogP contribution in [0.15, 0.2) is 42.5 Å². The number of amides is 1. The number of rotatable bonds is 12. The third kappa shape index (κ3) is 6.81. The number of nitrogens with zero attached hydrogens (tertiary/aromatic N) is 3. The second-order valence-corrected chi connectivity index (χ2v) is 9.97. The van der Waals surface area contributed by atoms with Crippen molar-refractivity contribution in [1.29, 1.82) is 0 Å². The predicted octanol–water partition coefficient (Wildman–Crippen LogP) is 5.80. The molecule has 1 aliphatic rings. The van der Waals surface area contributed by atoms with Crippen LogP contribution in [0, 0.1) is 0 Å². The summed E-state index contributed by atoms with van der Waals surface area (Å²) < 4.78 is 12.4. The van der Waals surface area contributed by atoms with Gasteiger partial charge in [-0.2, -0.15) is 0 Å². The van der Waals surface area contributed by atoms with Crippen LogP contribution in [0.2, 0.25) is 0 Å². The van der Waals surface area contributed by atoms with E-state index in [1.165, 1.54) is 12.0 Å². The maximum absolute atomic E-state index is 13.7. The topological polar surface area (TPSA) is 54.9 Å². The number of unbranched alkanes of at least 4 members (excludes halogenated alkanes) is 2. The molecule has 2 aromatic carbocycles. The Morgan fingerprint density at radius 2 is 1.89 bits per heavy atom. The molecule has 0 unspecified atom stereocenters. The number of hydrogen-bond acceptors (Lipinski definition) is 6. The summed E-state index contributed by atoms with van der Waals surface area (Å²) in [6, 6.07) is 13.8. The van der Waals surface area contributed by atoms with Crippen molar-refractivity contribution in [1.82, 2.24) is 9.88 Å². The molecule has 0 N–H and O–H groups in total. The Hall–Kier alpha value is -2.48. The molecule has 6 nitrogen and oxygen atoms in total. The summed E-state index contributed by atoms with van der Waals surface area (Å²) in [5, 5.41) is 0.771. The van der Waals surface area contributed by atoms with Gasteiger partial charge >= 0.3 is 0 Å². The van der Waals surface area contributed by atoms with Crippen molar-refractivity contribution in [3.8, 4) is 5.75 Å². The van der Waals surface area contributed by atoms with Gasteiger partial charge in [0.15, 0.2) is 5.13 Å². The third-order valence-electron chi connectivity index (χ3n) is 6.43. The number of carbonyl (C=O) groups excluding carboxylic acids is 1. The molecule has 0 radical (unpaired) electrons. The van der Waals surface area contributed by atoms with Crippen LogP contribution in [0.3, 0.4) is 0 Å². The first-order valence-corrected chi connectivity index (χ1v) is 13.7. The number of para-hydroxylation sites is 1. The summed E-state index contributed by atoms with van der Waals surface area (Å²) in [5.74, 6) is 0.797. The number of morpholine rings is 1. The molecule has 0 atom stereocenters. The Kier molecular flexibility index (Phi) is 9.51. The quantitative estimate of drug-likeness (QED) is 0.297. The zero-order valence-electron chi connectivity index (χ0n) is 21.0. The number of anilines is 1. The normalized spacial score (nSPS) is 14.3. The van der Waals surface area contributed by atoms with Gasteiger partial charge in [0.2, 0.25) is 0 Å². The van der Waals surface area contributed by atoms with Crippen molar-refractivity contribution < 1.29 is 14.3 Å². The molecule has 1 aromatic heterocycles. The fraction of sp³-hybridized carbons (Fsp3) is 0.500. The highest BCUT2D eigenvalue weighted by atomic mass is 32.1. The number of fused-ring (bicyclic) bond motifs is 1. The number of thiazole rings is 1. The van der Waals surface area contributed by atoms with E-state index >= 15 is 0 Å². The maximum atomic E-state index is 13.7. The van der Waals surface area contributed by atoms with E-state index in [0.29, 0.717) is 18.7 Å². The molecule has 4 rings (SSSR count). The van der Waals surface area contributed by atoms with E-state index in [9.17, 15) is 4.79 Å². The Balaban J connectivity index is 1.51. The minimum atomic E-state index is -0.0124. The largest absolute Gasteiger partial charge is 0.494 e. The summed E-state index contributed by atoms with van der Waals surface area (Å²) >= 11 is 1.60. The van der Waals surface area contributed by atoms with Gasteiger partial charge in [-0.1, -0.05) is 50.2 Å². The average Bonchev–Trinajstić information content (AvgIpc) is 3.34. The lowest BCUT2D eigenvalue weighted by Crippen LogP contribution is -2.39. The zero-order chi connectivity index (χ0) is 24.5. The first-order chi connectivity index (χ1) is 17.2. The molecule has 1 aliphatic heterocycles. The van der Waals surface area contributed by atoms with Gasteiger partial charge in [-0.3, -0.25) is 14.6 Å². The Labute approximate surface area is 212 Å². The second kappa shape index (κ2) is 13.0. The monoisotopic (exact) mass is 495 g/mol. The van der Waals surface area contributed by atoms with E-state index in [0.717, 1.165) is 79.6 Å². The third-order valence-corrected chi connectivity index (χ3v) is 7.47. The lowest BCUT2D eigenvalue weighted by atomic mass is 10.1. The van der Waals surface area contributed by atoms with Crippen LogP contribution in [0.4, 0.5) is 5.13 Å². The highest BCUT2D eigenvalue weighted by Crippen LogP contribution is 2.32. The SMILES string of the molecule is CCCCCOc1ccc(C(=O)N(CCCN2CCOCC2)c2nc3c(CC)cccc3s2)cc1. The molecule has 2 heterocycles. The molecular weight excluding hydrogens is 458 g/mol. The lowest BCUT2D eigenvalue weighted by Gasteiger charge is -2.27. The van der Waals surface area contributed by atoms with Crippen LogP contribution >= 0.6 is 11.3 Å². The van der Waals surface area contributed by atoms with Crippen LogP contribution in [-0.4, -0.2) is 61.8 Å². The molecule has 1 amide bonds. The van der Waals surface area contributed by atoms with Gasteiger partial charge in [0.1, 0.15) is 5.75 Å². The highest BCUT2D eigenvalue weighted by molar-refractivity contribution is 7.22. The van der Waals surface area contributed by atoms with Gasteiger partial charge in [-0.25, -0.2) is 4.98 Å². The van der Waals surface area contributed by atoms with Crippen molar-refractivity contribution in [3.05, 3.63) is 53.6 Å². The standard InChI is InChI=1S/C28H37N3O3S/c1-3-5-6-19-34-24-13-11-23(12-14-24)27(32)31(16-8-15-30-17-20-33-21-18-30)28-29-26-22(4-2)9-7-10-25(26)35-28/h7,9-14H,3-6,8,15-21H2,1-2H3. The fourth-order valence-corrected chi connectivity index (χ4v) is 5.39. The summed E-state index contributed by atoms with van der Waals surface area (Å²) in [4.78, 5) is 22.9. The maximum Gasteiger partial charge on any atom is 0.260 e. The fourth-order valence-electron chi connectivity index (χ4n) is 4.35. The summed E-state index contributed by atoms with van der Waals surface area (Å²) in [7, 11) is 0. The molecular formula is C28H37N3O3S. The van der Waals surface area contributed by atoms with Gasteiger partial charge in [-0.15, -0.1) is 0 Å². The highest BCUT2D eigenvalue weighted by Gasteiger charge is 2.22. The molecule has 0 saturated carbocycles. The number of aryl methyl sites for hydroxylation is 1. The van der Waals surface area contributed by atoms with E-state index < -0.39 is 0 Å². The van der Waals surface area contributed by atoms with Gasteiger partial charge in [0.05, 0.1) is 30.0 Å². The summed E-state index contributed by atoms with van der Waals surface area (Å²) in [6.07, 6.45) is 5.19.